The Balaban J connectivity index is 2.39. The Labute approximate surface area is 107 Å². The molecule has 0 aliphatic carbocycles. The van der Waals surface area contributed by atoms with Gasteiger partial charge in [0.15, 0.2) is 0 Å². The van der Waals surface area contributed by atoms with E-state index in [2.05, 4.69) is 54.7 Å². The summed E-state index contributed by atoms with van der Waals surface area (Å²) < 4.78 is 0. The Morgan fingerprint density at radius 1 is 1.35 bits per heavy atom. The van der Waals surface area contributed by atoms with Crippen LogP contribution in [-0.2, 0) is 0 Å². The van der Waals surface area contributed by atoms with Gasteiger partial charge in [0.05, 0.1) is 17.2 Å². The zero-order chi connectivity index (χ0) is 12.3. The summed E-state index contributed by atoms with van der Waals surface area (Å²) in [5, 5.41) is 5.62. The Hall–Kier alpha value is -1.19. The summed E-state index contributed by atoms with van der Waals surface area (Å²) in [6, 6.07) is 6.81. The van der Waals surface area contributed by atoms with Gasteiger partial charge < -0.3 is 5.32 Å². The Morgan fingerprint density at radius 3 is 2.76 bits per heavy atom. The average Bonchev–Trinajstić information content (AvgIpc) is 2.80. The molecule has 1 aromatic heterocycles. The van der Waals surface area contributed by atoms with Gasteiger partial charge in [0.1, 0.15) is 0 Å². The topological polar surface area (TPSA) is 24.9 Å². The van der Waals surface area contributed by atoms with Gasteiger partial charge in [0.25, 0.3) is 0 Å². The van der Waals surface area contributed by atoms with E-state index in [0.717, 1.165) is 12.2 Å². The molecule has 1 unspecified atom stereocenters. The summed E-state index contributed by atoms with van der Waals surface area (Å²) >= 11 is 1.65. The molecule has 0 aliphatic rings. The van der Waals surface area contributed by atoms with Gasteiger partial charge in [0, 0.05) is 5.38 Å². The van der Waals surface area contributed by atoms with Crippen LogP contribution in [0.4, 0.5) is 0 Å². The standard InChI is InChI=1S/C14H18N2S/c1-4-15-14(13-8-17-9-16-13)12-6-5-10(2)7-11(12)3/h5-9,14-15H,4H2,1-3H3. The number of rotatable bonds is 4. The van der Waals surface area contributed by atoms with E-state index in [1.54, 1.807) is 11.3 Å². The fourth-order valence-electron chi connectivity index (χ4n) is 2.09. The van der Waals surface area contributed by atoms with Gasteiger partial charge in [-0.25, -0.2) is 4.98 Å². The van der Waals surface area contributed by atoms with Crippen molar-refractivity contribution in [2.24, 2.45) is 0 Å². The highest BCUT2D eigenvalue weighted by molar-refractivity contribution is 7.07. The lowest BCUT2D eigenvalue weighted by molar-refractivity contribution is 0.616. The van der Waals surface area contributed by atoms with E-state index < -0.39 is 0 Å². The summed E-state index contributed by atoms with van der Waals surface area (Å²) in [7, 11) is 0. The van der Waals surface area contributed by atoms with Crippen LogP contribution in [0.2, 0.25) is 0 Å². The van der Waals surface area contributed by atoms with E-state index in [-0.39, 0.29) is 6.04 Å². The molecule has 0 radical (unpaired) electrons. The number of benzene rings is 1. The number of nitrogens with zero attached hydrogens (tertiary/aromatic N) is 1. The Bertz CT molecular complexity index is 477. The van der Waals surface area contributed by atoms with Gasteiger partial charge in [-0.3, -0.25) is 0 Å². The Kier molecular flexibility index (Phi) is 3.92. The van der Waals surface area contributed by atoms with Crippen molar-refractivity contribution in [2.75, 3.05) is 6.54 Å². The fourth-order valence-corrected chi connectivity index (χ4v) is 2.67. The Morgan fingerprint density at radius 2 is 2.18 bits per heavy atom. The molecule has 0 saturated heterocycles. The number of thiazole rings is 1. The van der Waals surface area contributed by atoms with Crippen LogP contribution in [0.3, 0.4) is 0 Å². The smallest absolute Gasteiger partial charge is 0.0795 e. The van der Waals surface area contributed by atoms with Crippen LogP contribution >= 0.6 is 11.3 Å². The maximum Gasteiger partial charge on any atom is 0.0795 e. The molecule has 2 nitrogen and oxygen atoms in total. The first-order valence-corrected chi connectivity index (χ1v) is 6.85. The monoisotopic (exact) mass is 246 g/mol. The quantitative estimate of drug-likeness (QED) is 0.893. The lowest BCUT2D eigenvalue weighted by Gasteiger charge is -2.19. The van der Waals surface area contributed by atoms with Crippen LogP contribution in [0.15, 0.2) is 29.1 Å². The first-order chi connectivity index (χ1) is 8.22. The maximum atomic E-state index is 4.43. The molecule has 1 N–H and O–H groups in total. The molecule has 2 rings (SSSR count). The first-order valence-electron chi connectivity index (χ1n) is 5.91. The van der Waals surface area contributed by atoms with Crippen molar-refractivity contribution in [3.05, 3.63) is 51.5 Å². The maximum absolute atomic E-state index is 4.43. The average molecular weight is 246 g/mol. The van der Waals surface area contributed by atoms with E-state index in [4.69, 9.17) is 0 Å². The van der Waals surface area contributed by atoms with E-state index in [1.807, 2.05) is 5.51 Å². The minimum Gasteiger partial charge on any atom is -0.305 e. The van der Waals surface area contributed by atoms with Crippen LogP contribution < -0.4 is 5.32 Å². The molecule has 90 valence electrons. The van der Waals surface area contributed by atoms with Gasteiger partial charge in [-0.05, 0) is 31.5 Å². The third-order valence-corrected chi connectivity index (χ3v) is 3.50. The minimum absolute atomic E-state index is 0.215. The minimum atomic E-state index is 0.215. The lowest BCUT2D eigenvalue weighted by Crippen LogP contribution is -2.23. The lowest BCUT2D eigenvalue weighted by atomic mass is 9.97. The molecule has 2 aromatic rings. The third kappa shape index (κ3) is 2.73. The second-order valence-electron chi connectivity index (χ2n) is 4.26. The van der Waals surface area contributed by atoms with Crippen molar-refractivity contribution in [3.8, 4) is 0 Å². The highest BCUT2D eigenvalue weighted by Crippen LogP contribution is 2.25. The van der Waals surface area contributed by atoms with E-state index >= 15 is 0 Å². The van der Waals surface area contributed by atoms with E-state index in [1.165, 1.54) is 16.7 Å². The van der Waals surface area contributed by atoms with Gasteiger partial charge in [-0.1, -0.05) is 30.7 Å². The largest absolute Gasteiger partial charge is 0.305 e. The number of hydrogen-bond donors (Lipinski definition) is 1. The molecule has 1 atom stereocenters. The SMILES string of the molecule is CCNC(c1cscn1)c1ccc(C)cc1C. The molecule has 17 heavy (non-hydrogen) atoms. The van der Waals surface area contributed by atoms with Crippen molar-refractivity contribution in [2.45, 2.75) is 26.8 Å². The summed E-state index contributed by atoms with van der Waals surface area (Å²) in [4.78, 5) is 4.43. The molecule has 0 saturated carbocycles. The second kappa shape index (κ2) is 5.43. The van der Waals surface area contributed by atoms with Crippen molar-refractivity contribution >= 4 is 11.3 Å². The number of aromatic nitrogens is 1. The summed E-state index contributed by atoms with van der Waals surface area (Å²) in [5.74, 6) is 0. The third-order valence-electron chi connectivity index (χ3n) is 2.89. The van der Waals surface area contributed by atoms with Gasteiger partial charge in [-0.2, -0.15) is 0 Å². The number of hydrogen-bond acceptors (Lipinski definition) is 3. The van der Waals surface area contributed by atoms with Gasteiger partial charge in [0.2, 0.25) is 0 Å². The van der Waals surface area contributed by atoms with Crippen molar-refractivity contribution in [1.82, 2.24) is 10.3 Å². The molecule has 1 aromatic carbocycles. The molecular weight excluding hydrogens is 228 g/mol. The zero-order valence-corrected chi connectivity index (χ0v) is 11.3. The van der Waals surface area contributed by atoms with Gasteiger partial charge in [-0.15, -0.1) is 11.3 Å². The highest BCUT2D eigenvalue weighted by Gasteiger charge is 2.16. The highest BCUT2D eigenvalue weighted by atomic mass is 32.1. The van der Waals surface area contributed by atoms with E-state index in [9.17, 15) is 0 Å². The predicted octanol–water partition coefficient (Wildman–Crippen LogP) is 3.46. The van der Waals surface area contributed by atoms with Gasteiger partial charge >= 0.3 is 0 Å². The van der Waals surface area contributed by atoms with Crippen LogP contribution in [0.1, 0.15) is 35.3 Å². The molecule has 0 fully saturated rings. The van der Waals surface area contributed by atoms with Crippen molar-refractivity contribution < 1.29 is 0 Å². The molecule has 0 bridgehead atoms. The summed E-state index contributed by atoms with van der Waals surface area (Å²) in [6.45, 7) is 7.36. The van der Waals surface area contributed by atoms with Crippen LogP contribution in [0.5, 0.6) is 0 Å². The predicted molar refractivity (Wildman–Crippen MR) is 73.5 cm³/mol. The fraction of sp³-hybridized carbons (Fsp3) is 0.357. The second-order valence-corrected chi connectivity index (χ2v) is 4.98. The molecule has 0 amide bonds. The first kappa shape index (κ1) is 12.3. The molecule has 3 heteroatoms. The normalized spacial score (nSPS) is 12.6. The van der Waals surface area contributed by atoms with E-state index in [0.29, 0.717) is 0 Å². The van der Waals surface area contributed by atoms with Crippen molar-refractivity contribution in [3.63, 3.8) is 0 Å². The van der Waals surface area contributed by atoms with Crippen LogP contribution in [0, 0.1) is 13.8 Å². The molecular formula is C14H18N2S. The molecule has 0 aliphatic heterocycles. The zero-order valence-electron chi connectivity index (χ0n) is 10.5. The summed E-state index contributed by atoms with van der Waals surface area (Å²) in [6.07, 6.45) is 0. The number of aryl methyl sites for hydroxylation is 2. The summed E-state index contributed by atoms with van der Waals surface area (Å²) in [5.41, 5.74) is 6.96. The number of nitrogens with one attached hydrogen (secondary N) is 1. The molecule has 1 heterocycles. The molecule has 0 spiro atoms. The van der Waals surface area contributed by atoms with Crippen molar-refractivity contribution in [1.29, 1.82) is 0 Å². The van der Waals surface area contributed by atoms with Crippen LogP contribution in [0.25, 0.3) is 0 Å². The van der Waals surface area contributed by atoms with Crippen LogP contribution in [-0.4, -0.2) is 11.5 Å².